The number of hydrogen-bond donors (Lipinski definition) is 3. The van der Waals surface area contributed by atoms with Crippen molar-refractivity contribution in [1.29, 1.82) is 0 Å². The first-order valence-corrected chi connectivity index (χ1v) is 6.03. The molecular formula is C13H16ClN3O3. The number of rotatable bonds is 3. The van der Waals surface area contributed by atoms with Crippen molar-refractivity contribution in [1.82, 2.24) is 10.6 Å². The number of amides is 3. The van der Waals surface area contributed by atoms with Gasteiger partial charge in [0.1, 0.15) is 6.04 Å². The van der Waals surface area contributed by atoms with Gasteiger partial charge in [0.15, 0.2) is 0 Å². The van der Waals surface area contributed by atoms with E-state index in [2.05, 4.69) is 10.6 Å². The van der Waals surface area contributed by atoms with Crippen molar-refractivity contribution in [2.24, 2.45) is 5.73 Å². The monoisotopic (exact) mass is 297 g/mol. The Morgan fingerprint density at radius 1 is 1.30 bits per heavy atom. The van der Waals surface area contributed by atoms with Gasteiger partial charge >= 0.3 is 0 Å². The first kappa shape index (κ1) is 16.1. The zero-order chi connectivity index (χ0) is 13.8. The smallest absolute Gasteiger partial charge is 0.251 e. The van der Waals surface area contributed by atoms with Crippen molar-refractivity contribution in [3.05, 3.63) is 35.4 Å². The first-order valence-electron chi connectivity index (χ1n) is 6.03. The van der Waals surface area contributed by atoms with Crippen LogP contribution in [0.5, 0.6) is 0 Å². The molecule has 1 aliphatic heterocycles. The number of halogens is 1. The SMILES string of the molecule is Cl.NCc1ccc(C(=O)NC2CCC(=O)NC2=O)cc1. The molecule has 1 aromatic rings. The van der Waals surface area contributed by atoms with Gasteiger partial charge in [0.2, 0.25) is 11.8 Å². The lowest BCUT2D eigenvalue weighted by Crippen LogP contribution is -2.52. The zero-order valence-electron chi connectivity index (χ0n) is 10.7. The molecule has 1 saturated heterocycles. The molecule has 1 unspecified atom stereocenters. The first-order chi connectivity index (χ1) is 9.10. The van der Waals surface area contributed by atoms with E-state index >= 15 is 0 Å². The summed E-state index contributed by atoms with van der Waals surface area (Å²) in [6.45, 7) is 0.412. The van der Waals surface area contributed by atoms with Gasteiger partial charge in [0.25, 0.3) is 5.91 Å². The molecule has 3 amide bonds. The standard InChI is InChI=1S/C13H15N3O3.ClH/c14-7-8-1-3-9(4-2-8)12(18)15-10-5-6-11(17)16-13(10)19;/h1-4,10H,5-7,14H2,(H,15,18)(H,16,17,19);1H. The van der Waals surface area contributed by atoms with Crippen LogP contribution in [-0.4, -0.2) is 23.8 Å². The maximum absolute atomic E-state index is 11.9. The number of piperidine rings is 1. The molecule has 108 valence electrons. The molecule has 0 radical (unpaired) electrons. The van der Waals surface area contributed by atoms with Crippen molar-refractivity contribution < 1.29 is 14.4 Å². The van der Waals surface area contributed by atoms with Gasteiger partial charge in [0.05, 0.1) is 0 Å². The van der Waals surface area contributed by atoms with Crippen LogP contribution in [-0.2, 0) is 16.1 Å². The van der Waals surface area contributed by atoms with Crippen LogP contribution >= 0.6 is 12.4 Å². The maximum Gasteiger partial charge on any atom is 0.251 e. The van der Waals surface area contributed by atoms with Crippen molar-refractivity contribution in [2.75, 3.05) is 0 Å². The van der Waals surface area contributed by atoms with Crippen LogP contribution in [0.15, 0.2) is 24.3 Å². The molecule has 1 aromatic carbocycles. The van der Waals surface area contributed by atoms with Gasteiger partial charge in [0, 0.05) is 18.5 Å². The molecule has 1 aliphatic rings. The van der Waals surface area contributed by atoms with E-state index in [9.17, 15) is 14.4 Å². The van der Waals surface area contributed by atoms with E-state index in [0.29, 0.717) is 18.5 Å². The summed E-state index contributed by atoms with van der Waals surface area (Å²) in [5.41, 5.74) is 6.86. The minimum absolute atomic E-state index is 0. The number of nitrogens with two attached hydrogens (primary N) is 1. The van der Waals surface area contributed by atoms with Crippen molar-refractivity contribution in [3.63, 3.8) is 0 Å². The summed E-state index contributed by atoms with van der Waals surface area (Å²) in [5.74, 6) is -1.09. The Balaban J connectivity index is 0.00000200. The quantitative estimate of drug-likeness (QED) is 0.689. The van der Waals surface area contributed by atoms with E-state index in [1.165, 1.54) is 0 Å². The topological polar surface area (TPSA) is 101 Å². The third-order valence-corrected chi connectivity index (χ3v) is 3.00. The van der Waals surface area contributed by atoms with Crippen LogP contribution in [0.25, 0.3) is 0 Å². The number of nitrogens with one attached hydrogen (secondary N) is 2. The fraction of sp³-hybridized carbons (Fsp3) is 0.308. The van der Waals surface area contributed by atoms with E-state index < -0.39 is 11.9 Å². The molecule has 0 aliphatic carbocycles. The second-order valence-electron chi connectivity index (χ2n) is 4.38. The predicted octanol–water partition coefficient (Wildman–Crippen LogP) is 0.102. The summed E-state index contributed by atoms with van der Waals surface area (Å²) in [7, 11) is 0. The Morgan fingerprint density at radius 3 is 2.50 bits per heavy atom. The summed E-state index contributed by atoms with van der Waals surface area (Å²) in [6, 6.07) is 6.19. The Bertz CT molecular complexity index is 516. The highest BCUT2D eigenvalue weighted by molar-refractivity contribution is 6.03. The average Bonchev–Trinajstić information content (AvgIpc) is 2.42. The van der Waals surface area contributed by atoms with Gasteiger partial charge in [-0.15, -0.1) is 12.4 Å². The highest BCUT2D eigenvalue weighted by Gasteiger charge is 2.27. The molecular weight excluding hydrogens is 282 g/mol. The normalized spacial score (nSPS) is 17.9. The van der Waals surface area contributed by atoms with Gasteiger partial charge in [-0.05, 0) is 24.1 Å². The molecule has 4 N–H and O–H groups in total. The molecule has 6 nitrogen and oxygen atoms in total. The zero-order valence-corrected chi connectivity index (χ0v) is 11.5. The third kappa shape index (κ3) is 3.79. The van der Waals surface area contributed by atoms with E-state index in [4.69, 9.17) is 5.73 Å². The van der Waals surface area contributed by atoms with Gasteiger partial charge in [-0.2, -0.15) is 0 Å². The van der Waals surface area contributed by atoms with Crippen molar-refractivity contribution in [3.8, 4) is 0 Å². The minimum Gasteiger partial charge on any atom is -0.340 e. The van der Waals surface area contributed by atoms with E-state index in [-0.39, 0.29) is 30.6 Å². The molecule has 0 aromatic heterocycles. The summed E-state index contributed by atoms with van der Waals surface area (Å²) in [4.78, 5) is 34.4. The van der Waals surface area contributed by atoms with Crippen LogP contribution in [0.4, 0.5) is 0 Å². The van der Waals surface area contributed by atoms with Gasteiger partial charge in [-0.25, -0.2) is 0 Å². The Labute approximate surface area is 122 Å². The second kappa shape index (κ2) is 7.02. The lowest BCUT2D eigenvalue weighted by molar-refractivity contribution is -0.134. The number of carbonyl (C=O) groups is 3. The Hall–Kier alpha value is -1.92. The van der Waals surface area contributed by atoms with Crippen LogP contribution in [0.2, 0.25) is 0 Å². The number of benzene rings is 1. The molecule has 1 fully saturated rings. The molecule has 20 heavy (non-hydrogen) atoms. The predicted molar refractivity (Wildman–Crippen MR) is 75.2 cm³/mol. The largest absolute Gasteiger partial charge is 0.340 e. The van der Waals surface area contributed by atoms with E-state index in [1.54, 1.807) is 24.3 Å². The molecule has 7 heteroatoms. The van der Waals surface area contributed by atoms with Gasteiger partial charge < -0.3 is 11.1 Å². The summed E-state index contributed by atoms with van der Waals surface area (Å²) < 4.78 is 0. The van der Waals surface area contributed by atoms with Gasteiger partial charge in [-0.1, -0.05) is 12.1 Å². The van der Waals surface area contributed by atoms with Crippen LogP contribution in [0.3, 0.4) is 0 Å². The third-order valence-electron chi connectivity index (χ3n) is 3.00. The summed E-state index contributed by atoms with van der Waals surface area (Å²) >= 11 is 0. The number of hydrogen-bond acceptors (Lipinski definition) is 4. The van der Waals surface area contributed by atoms with E-state index in [1.807, 2.05) is 0 Å². The summed E-state index contributed by atoms with van der Waals surface area (Å²) in [5, 5.41) is 4.80. The fourth-order valence-corrected chi connectivity index (χ4v) is 1.87. The highest BCUT2D eigenvalue weighted by atomic mass is 35.5. The van der Waals surface area contributed by atoms with E-state index in [0.717, 1.165) is 5.56 Å². The van der Waals surface area contributed by atoms with Crippen LogP contribution in [0, 0.1) is 0 Å². The Kier molecular flexibility index (Phi) is 5.66. The molecule has 1 atom stereocenters. The summed E-state index contributed by atoms with van der Waals surface area (Å²) in [6.07, 6.45) is 0.570. The van der Waals surface area contributed by atoms with Crippen molar-refractivity contribution in [2.45, 2.75) is 25.4 Å². The fourth-order valence-electron chi connectivity index (χ4n) is 1.87. The van der Waals surface area contributed by atoms with Crippen LogP contribution in [0.1, 0.15) is 28.8 Å². The number of carbonyl (C=O) groups excluding carboxylic acids is 3. The molecule has 1 heterocycles. The molecule has 0 saturated carbocycles. The minimum atomic E-state index is -0.653. The molecule has 2 rings (SSSR count). The molecule has 0 spiro atoms. The average molecular weight is 298 g/mol. The van der Waals surface area contributed by atoms with Crippen molar-refractivity contribution >= 4 is 30.1 Å². The second-order valence-corrected chi connectivity index (χ2v) is 4.38. The van der Waals surface area contributed by atoms with Crippen LogP contribution < -0.4 is 16.4 Å². The maximum atomic E-state index is 11.9. The lowest BCUT2D eigenvalue weighted by atomic mass is 10.1. The lowest BCUT2D eigenvalue weighted by Gasteiger charge is -2.21. The highest BCUT2D eigenvalue weighted by Crippen LogP contribution is 2.08. The van der Waals surface area contributed by atoms with Gasteiger partial charge in [-0.3, -0.25) is 19.7 Å². The Morgan fingerprint density at radius 2 is 1.95 bits per heavy atom. The molecule has 0 bridgehead atoms. The number of imide groups is 1.